The van der Waals surface area contributed by atoms with Crippen LogP contribution in [0.3, 0.4) is 0 Å². The van der Waals surface area contributed by atoms with Crippen LogP contribution in [0, 0.1) is 24.6 Å². The Kier molecular flexibility index (Phi) is 3.27. The molecule has 2 aliphatic heterocycles. The van der Waals surface area contributed by atoms with Gasteiger partial charge in [-0.1, -0.05) is 6.07 Å². The minimum absolute atomic E-state index is 0.0377. The molecule has 19 heavy (non-hydrogen) atoms. The summed E-state index contributed by atoms with van der Waals surface area (Å²) < 4.78 is 13.5. The lowest BCUT2D eigenvalue weighted by Crippen LogP contribution is -2.43. The maximum Gasteiger partial charge on any atom is 0.253 e. The predicted octanol–water partition coefficient (Wildman–Crippen LogP) is 1.82. The van der Waals surface area contributed by atoms with Crippen molar-refractivity contribution in [1.29, 1.82) is 0 Å². The fourth-order valence-corrected chi connectivity index (χ4v) is 3.13. The third-order valence-electron chi connectivity index (χ3n) is 4.41. The Labute approximate surface area is 112 Å². The summed E-state index contributed by atoms with van der Waals surface area (Å²) in [6, 6.07) is 4.75. The predicted molar refractivity (Wildman–Crippen MR) is 71.5 cm³/mol. The molecule has 0 aromatic heterocycles. The third-order valence-corrected chi connectivity index (χ3v) is 4.41. The van der Waals surface area contributed by atoms with Gasteiger partial charge in [-0.2, -0.15) is 0 Å². The van der Waals surface area contributed by atoms with Gasteiger partial charge < -0.3 is 10.2 Å². The molecular formula is C15H19FN2O. The summed E-state index contributed by atoms with van der Waals surface area (Å²) in [5.74, 6) is 0.930. The first-order valence-corrected chi connectivity index (χ1v) is 6.91. The van der Waals surface area contributed by atoms with Crippen LogP contribution >= 0.6 is 0 Å². The Morgan fingerprint density at radius 3 is 2.95 bits per heavy atom. The molecule has 0 saturated carbocycles. The fourth-order valence-electron chi connectivity index (χ4n) is 3.13. The molecule has 0 bridgehead atoms. The number of nitrogens with zero attached hydrogens (tertiary/aromatic N) is 1. The SMILES string of the molecule is Cc1ccc(C(=O)N2CCC3CNCC3C2)cc1F. The topological polar surface area (TPSA) is 32.3 Å². The van der Waals surface area contributed by atoms with Gasteiger partial charge in [-0.15, -0.1) is 0 Å². The molecule has 1 N–H and O–H groups in total. The monoisotopic (exact) mass is 262 g/mol. The Bertz CT molecular complexity index is 503. The van der Waals surface area contributed by atoms with Crippen molar-refractivity contribution in [1.82, 2.24) is 10.2 Å². The van der Waals surface area contributed by atoms with Gasteiger partial charge in [0.2, 0.25) is 0 Å². The number of benzene rings is 1. The number of amides is 1. The van der Waals surface area contributed by atoms with Gasteiger partial charge >= 0.3 is 0 Å². The van der Waals surface area contributed by atoms with E-state index in [9.17, 15) is 9.18 Å². The second-order valence-corrected chi connectivity index (χ2v) is 5.68. The Balaban J connectivity index is 1.74. The van der Waals surface area contributed by atoms with Crippen LogP contribution in [0.25, 0.3) is 0 Å². The second kappa shape index (κ2) is 4.93. The standard InChI is InChI=1S/C15H19FN2O/c1-10-2-3-11(6-14(10)16)15(19)18-5-4-12-7-17-8-13(12)9-18/h2-3,6,12-13,17H,4-5,7-9H2,1H3. The first kappa shape index (κ1) is 12.6. The molecule has 0 radical (unpaired) electrons. The van der Waals surface area contributed by atoms with Crippen molar-refractivity contribution in [2.45, 2.75) is 13.3 Å². The number of fused-ring (bicyclic) bond motifs is 1. The number of hydrogen-bond donors (Lipinski definition) is 1. The van der Waals surface area contributed by atoms with Gasteiger partial charge in [-0.3, -0.25) is 4.79 Å². The largest absolute Gasteiger partial charge is 0.338 e. The highest BCUT2D eigenvalue weighted by Gasteiger charge is 2.34. The summed E-state index contributed by atoms with van der Waals surface area (Å²) in [6.07, 6.45) is 1.05. The lowest BCUT2D eigenvalue weighted by Gasteiger charge is -2.34. The minimum Gasteiger partial charge on any atom is -0.338 e. The number of carbonyl (C=O) groups excluding carboxylic acids is 1. The molecular weight excluding hydrogens is 243 g/mol. The number of halogens is 1. The molecule has 0 spiro atoms. The zero-order valence-electron chi connectivity index (χ0n) is 11.2. The van der Waals surface area contributed by atoms with Crippen LogP contribution in [0.2, 0.25) is 0 Å². The van der Waals surface area contributed by atoms with Gasteiger partial charge in [0, 0.05) is 18.7 Å². The van der Waals surface area contributed by atoms with Crippen LogP contribution in [0.5, 0.6) is 0 Å². The number of likely N-dealkylation sites (tertiary alicyclic amines) is 1. The Morgan fingerprint density at radius 1 is 1.37 bits per heavy atom. The molecule has 1 amide bonds. The highest BCUT2D eigenvalue weighted by atomic mass is 19.1. The molecule has 2 atom stereocenters. The molecule has 3 rings (SSSR count). The van der Waals surface area contributed by atoms with Crippen molar-refractivity contribution >= 4 is 5.91 Å². The average molecular weight is 262 g/mol. The van der Waals surface area contributed by atoms with E-state index in [2.05, 4.69) is 5.32 Å². The highest BCUT2D eigenvalue weighted by Crippen LogP contribution is 2.27. The molecule has 2 unspecified atom stereocenters. The molecule has 0 aliphatic carbocycles. The van der Waals surface area contributed by atoms with Gasteiger partial charge in [0.05, 0.1) is 0 Å². The fraction of sp³-hybridized carbons (Fsp3) is 0.533. The lowest BCUT2D eigenvalue weighted by atomic mass is 9.88. The van der Waals surface area contributed by atoms with Crippen LogP contribution in [0.4, 0.5) is 4.39 Å². The normalized spacial score (nSPS) is 26.3. The summed E-state index contributed by atoms with van der Waals surface area (Å²) >= 11 is 0. The molecule has 2 aliphatic rings. The molecule has 1 aromatic carbocycles. The van der Waals surface area contributed by atoms with Crippen molar-refractivity contribution in [2.24, 2.45) is 11.8 Å². The molecule has 3 nitrogen and oxygen atoms in total. The van der Waals surface area contributed by atoms with E-state index in [1.54, 1.807) is 19.1 Å². The van der Waals surface area contributed by atoms with Crippen molar-refractivity contribution in [3.63, 3.8) is 0 Å². The zero-order chi connectivity index (χ0) is 13.4. The van der Waals surface area contributed by atoms with Gasteiger partial charge in [-0.25, -0.2) is 4.39 Å². The zero-order valence-corrected chi connectivity index (χ0v) is 11.2. The number of aryl methyl sites for hydroxylation is 1. The first-order valence-electron chi connectivity index (χ1n) is 6.91. The summed E-state index contributed by atoms with van der Waals surface area (Å²) in [6.45, 7) is 5.37. The van der Waals surface area contributed by atoms with E-state index < -0.39 is 0 Å². The molecule has 2 heterocycles. The molecule has 2 saturated heterocycles. The maximum atomic E-state index is 13.5. The lowest BCUT2D eigenvalue weighted by molar-refractivity contribution is 0.0642. The molecule has 102 valence electrons. The van der Waals surface area contributed by atoms with Gasteiger partial charge in [0.15, 0.2) is 0 Å². The Hall–Kier alpha value is -1.42. The summed E-state index contributed by atoms with van der Waals surface area (Å²) in [7, 11) is 0. The number of rotatable bonds is 1. The summed E-state index contributed by atoms with van der Waals surface area (Å²) in [4.78, 5) is 14.3. The van der Waals surface area contributed by atoms with Crippen molar-refractivity contribution < 1.29 is 9.18 Å². The van der Waals surface area contributed by atoms with Gasteiger partial charge in [-0.05, 0) is 56.0 Å². The van der Waals surface area contributed by atoms with Crippen molar-refractivity contribution in [3.8, 4) is 0 Å². The summed E-state index contributed by atoms with van der Waals surface area (Å²) in [5, 5.41) is 3.38. The molecule has 2 fully saturated rings. The van der Waals surface area contributed by atoms with E-state index in [0.29, 0.717) is 23.0 Å². The van der Waals surface area contributed by atoms with Gasteiger partial charge in [0.25, 0.3) is 5.91 Å². The minimum atomic E-state index is -0.303. The van der Waals surface area contributed by atoms with E-state index in [1.807, 2.05) is 4.90 Å². The van der Waals surface area contributed by atoms with Crippen LogP contribution in [0.1, 0.15) is 22.3 Å². The smallest absolute Gasteiger partial charge is 0.253 e. The number of nitrogens with one attached hydrogen (secondary N) is 1. The Morgan fingerprint density at radius 2 is 2.16 bits per heavy atom. The van der Waals surface area contributed by atoms with E-state index in [-0.39, 0.29) is 11.7 Å². The number of hydrogen-bond acceptors (Lipinski definition) is 2. The maximum absolute atomic E-state index is 13.5. The molecule has 1 aromatic rings. The average Bonchev–Trinajstić information content (AvgIpc) is 2.88. The van der Waals surface area contributed by atoms with E-state index >= 15 is 0 Å². The van der Waals surface area contributed by atoms with Crippen LogP contribution in [-0.4, -0.2) is 37.0 Å². The van der Waals surface area contributed by atoms with Crippen LogP contribution < -0.4 is 5.32 Å². The van der Waals surface area contributed by atoms with E-state index in [0.717, 1.165) is 32.6 Å². The quantitative estimate of drug-likeness (QED) is 0.837. The number of carbonyl (C=O) groups is 1. The summed E-state index contributed by atoms with van der Waals surface area (Å²) in [5.41, 5.74) is 1.04. The number of piperidine rings is 1. The van der Waals surface area contributed by atoms with Crippen LogP contribution in [0.15, 0.2) is 18.2 Å². The van der Waals surface area contributed by atoms with Crippen LogP contribution in [-0.2, 0) is 0 Å². The second-order valence-electron chi connectivity index (χ2n) is 5.68. The highest BCUT2D eigenvalue weighted by molar-refractivity contribution is 5.94. The molecule has 4 heteroatoms. The van der Waals surface area contributed by atoms with Crippen molar-refractivity contribution in [2.75, 3.05) is 26.2 Å². The van der Waals surface area contributed by atoms with Gasteiger partial charge in [0.1, 0.15) is 5.82 Å². The first-order chi connectivity index (χ1) is 9.15. The van der Waals surface area contributed by atoms with E-state index in [1.165, 1.54) is 6.07 Å². The van der Waals surface area contributed by atoms with E-state index in [4.69, 9.17) is 0 Å². The third kappa shape index (κ3) is 2.37. The van der Waals surface area contributed by atoms with Crippen molar-refractivity contribution in [3.05, 3.63) is 35.1 Å².